The highest BCUT2D eigenvalue weighted by Gasteiger charge is 2.29. The minimum Gasteiger partial charge on any atom is -0.486 e. The van der Waals surface area contributed by atoms with Gasteiger partial charge < -0.3 is 19.3 Å². The van der Waals surface area contributed by atoms with Crippen LogP contribution in [0.5, 0.6) is 11.5 Å². The van der Waals surface area contributed by atoms with Crippen molar-refractivity contribution < 1.29 is 14.3 Å². The van der Waals surface area contributed by atoms with E-state index >= 15 is 0 Å². The minimum atomic E-state index is 0.240. The molecule has 0 N–H and O–H groups in total. The summed E-state index contributed by atoms with van der Waals surface area (Å²) >= 11 is 0. The minimum absolute atomic E-state index is 0.240. The molecule has 148 valence electrons. The molecule has 1 saturated heterocycles. The summed E-state index contributed by atoms with van der Waals surface area (Å²) < 4.78 is 11.4. The number of anilines is 1. The largest absolute Gasteiger partial charge is 0.486 e. The van der Waals surface area contributed by atoms with Gasteiger partial charge in [0.05, 0.1) is 5.52 Å². The van der Waals surface area contributed by atoms with E-state index < -0.39 is 0 Å². The summed E-state index contributed by atoms with van der Waals surface area (Å²) in [4.78, 5) is 26.1. The second-order valence-electron chi connectivity index (χ2n) is 7.86. The van der Waals surface area contributed by atoms with E-state index in [1.807, 2.05) is 12.1 Å². The highest BCUT2D eigenvalue weighted by Crippen LogP contribution is 2.37. The highest BCUT2D eigenvalue weighted by molar-refractivity contribution is 5.92. The van der Waals surface area contributed by atoms with Crippen molar-refractivity contribution in [1.82, 2.24) is 14.9 Å². The topological polar surface area (TPSA) is 67.8 Å². The average molecular weight is 382 g/mol. The third-order valence-corrected chi connectivity index (χ3v) is 6.12. The predicted octanol–water partition coefficient (Wildman–Crippen LogP) is 2.63. The molecular formula is C21H26N4O3. The normalized spacial score (nSPS) is 20.4. The molecule has 3 aliphatic rings. The Morgan fingerprint density at radius 1 is 0.929 bits per heavy atom. The van der Waals surface area contributed by atoms with Crippen molar-refractivity contribution in [3.05, 3.63) is 18.5 Å². The van der Waals surface area contributed by atoms with E-state index in [1.54, 1.807) is 6.33 Å². The van der Waals surface area contributed by atoms with Crippen molar-refractivity contribution >= 4 is 22.6 Å². The van der Waals surface area contributed by atoms with Crippen molar-refractivity contribution in [3.8, 4) is 11.5 Å². The van der Waals surface area contributed by atoms with Crippen LogP contribution >= 0.6 is 0 Å². The molecule has 3 heterocycles. The Labute approximate surface area is 164 Å². The third-order valence-electron chi connectivity index (χ3n) is 6.12. The summed E-state index contributed by atoms with van der Waals surface area (Å²) in [6.07, 6.45) is 7.38. The first-order chi connectivity index (χ1) is 13.8. The second kappa shape index (κ2) is 7.45. The molecule has 0 spiro atoms. The molecule has 0 atom stereocenters. The first-order valence-electron chi connectivity index (χ1n) is 10.4. The van der Waals surface area contributed by atoms with Gasteiger partial charge in [-0.15, -0.1) is 0 Å². The van der Waals surface area contributed by atoms with Gasteiger partial charge in [0.25, 0.3) is 0 Å². The Morgan fingerprint density at radius 3 is 2.39 bits per heavy atom. The number of piperazine rings is 1. The second-order valence-corrected chi connectivity index (χ2v) is 7.86. The molecule has 5 rings (SSSR count). The molecule has 7 nitrogen and oxygen atoms in total. The number of amides is 1. The molecule has 7 heteroatoms. The molecule has 1 saturated carbocycles. The van der Waals surface area contributed by atoms with Crippen LogP contribution in [0.2, 0.25) is 0 Å². The number of hydrogen-bond acceptors (Lipinski definition) is 6. The average Bonchev–Trinajstić information content (AvgIpc) is 2.77. The summed E-state index contributed by atoms with van der Waals surface area (Å²) in [6, 6.07) is 3.91. The van der Waals surface area contributed by atoms with Gasteiger partial charge in [0.2, 0.25) is 5.91 Å². The summed E-state index contributed by atoms with van der Waals surface area (Å²) in [5, 5.41) is 0.971. The van der Waals surface area contributed by atoms with Gasteiger partial charge in [0.15, 0.2) is 11.5 Å². The van der Waals surface area contributed by atoms with E-state index in [0.717, 1.165) is 67.2 Å². The molecular weight excluding hydrogens is 356 g/mol. The maximum absolute atomic E-state index is 12.8. The standard InChI is InChI=1S/C21H26N4O3/c26-21(15-4-2-1-3-5-15)25-8-6-24(7-9-25)20-16-12-18-19(28-11-10-27-18)13-17(16)22-14-23-20/h12-15H,1-11H2. The van der Waals surface area contributed by atoms with Crippen LogP contribution in [-0.2, 0) is 4.79 Å². The maximum Gasteiger partial charge on any atom is 0.225 e. The maximum atomic E-state index is 12.8. The van der Waals surface area contributed by atoms with Gasteiger partial charge in [-0.2, -0.15) is 0 Å². The van der Waals surface area contributed by atoms with E-state index in [9.17, 15) is 4.79 Å². The molecule has 0 unspecified atom stereocenters. The molecule has 2 aromatic rings. The van der Waals surface area contributed by atoms with Crippen LogP contribution in [0.3, 0.4) is 0 Å². The third kappa shape index (κ3) is 3.23. The fourth-order valence-corrected chi connectivity index (χ4v) is 4.58. The van der Waals surface area contributed by atoms with E-state index in [-0.39, 0.29) is 5.92 Å². The van der Waals surface area contributed by atoms with Gasteiger partial charge >= 0.3 is 0 Å². The zero-order chi connectivity index (χ0) is 18.9. The molecule has 1 amide bonds. The van der Waals surface area contributed by atoms with Gasteiger partial charge in [-0.25, -0.2) is 9.97 Å². The Hall–Kier alpha value is -2.57. The smallest absolute Gasteiger partial charge is 0.225 e. The van der Waals surface area contributed by atoms with E-state index in [1.165, 1.54) is 19.3 Å². The van der Waals surface area contributed by atoms with Gasteiger partial charge in [0, 0.05) is 43.5 Å². The number of benzene rings is 1. The first kappa shape index (κ1) is 17.5. The summed E-state index contributed by atoms with van der Waals surface area (Å²) in [5.41, 5.74) is 0.856. The fraction of sp³-hybridized carbons (Fsp3) is 0.571. The van der Waals surface area contributed by atoms with E-state index in [0.29, 0.717) is 19.1 Å². The fourth-order valence-electron chi connectivity index (χ4n) is 4.58. The monoisotopic (exact) mass is 382 g/mol. The number of aromatic nitrogens is 2. The first-order valence-corrected chi connectivity index (χ1v) is 10.4. The zero-order valence-corrected chi connectivity index (χ0v) is 16.1. The number of carbonyl (C=O) groups is 1. The molecule has 1 aromatic carbocycles. The quantitative estimate of drug-likeness (QED) is 0.795. The summed E-state index contributed by atoms with van der Waals surface area (Å²) in [7, 11) is 0. The van der Waals surface area contributed by atoms with Crippen molar-refractivity contribution in [1.29, 1.82) is 0 Å². The van der Waals surface area contributed by atoms with Crippen LogP contribution in [0, 0.1) is 5.92 Å². The van der Waals surface area contributed by atoms with Gasteiger partial charge in [-0.05, 0) is 18.9 Å². The molecule has 2 aliphatic heterocycles. The molecule has 0 bridgehead atoms. The highest BCUT2D eigenvalue weighted by atomic mass is 16.6. The van der Waals surface area contributed by atoms with Gasteiger partial charge in [-0.3, -0.25) is 4.79 Å². The van der Waals surface area contributed by atoms with Crippen LogP contribution in [0.25, 0.3) is 10.9 Å². The molecule has 28 heavy (non-hydrogen) atoms. The van der Waals surface area contributed by atoms with Gasteiger partial charge in [0.1, 0.15) is 25.4 Å². The molecule has 0 radical (unpaired) electrons. The van der Waals surface area contributed by atoms with Crippen LogP contribution in [0.15, 0.2) is 18.5 Å². The van der Waals surface area contributed by atoms with Crippen LogP contribution in [-0.4, -0.2) is 60.2 Å². The van der Waals surface area contributed by atoms with Crippen LogP contribution < -0.4 is 14.4 Å². The number of nitrogens with zero attached hydrogens (tertiary/aromatic N) is 4. The van der Waals surface area contributed by atoms with Gasteiger partial charge in [-0.1, -0.05) is 19.3 Å². The van der Waals surface area contributed by atoms with Crippen molar-refractivity contribution in [3.63, 3.8) is 0 Å². The lowest BCUT2D eigenvalue weighted by Crippen LogP contribution is -2.50. The van der Waals surface area contributed by atoms with Crippen LogP contribution in [0.1, 0.15) is 32.1 Å². The van der Waals surface area contributed by atoms with Crippen LogP contribution in [0.4, 0.5) is 5.82 Å². The lowest BCUT2D eigenvalue weighted by atomic mass is 9.88. The van der Waals surface area contributed by atoms with Crippen molar-refractivity contribution in [2.45, 2.75) is 32.1 Å². The number of rotatable bonds is 2. The predicted molar refractivity (Wildman–Crippen MR) is 106 cm³/mol. The summed E-state index contributed by atoms with van der Waals surface area (Å²) in [6.45, 7) is 4.21. The Kier molecular flexibility index (Phi) is 4.66. The zero-order valence-electron chi connectivity index (χ0n) is 16.1. The lowest BCUT2D eigenvalue weighted by molar-refractivity contribution is -0.136. The molecule has 1 aliphatic carbocycles. The lowest BCUT2D eigenvalue weighted by Gasteiger charge is -2.38. The molecule has 1 aromatic heterocycles. The molecule has 2 fully saturated rings. The number of fused-ring (bicyclic) bond motifs is 2. The number of hydrogen-bond donors (Lipinski definition) is 0. The Balaban J connectivity index is 1.33. The van der Waals surface area contributed by atoms with Crippen molar-refractivity contribution in [2.24, 2.45) is 5.92 Å². The Morgan fingerprint density at radius 2 is 1.64 bits per heavy atom. The summed E-state index contributed by atoms with van der Waals surface area (Å²) in [5.74, 6) is 2.99. The van der Waals surface area contributed by atoms with E-state index in [2.05, 4.69) is 19.8 Å². The van der Waals surface area contributed by atoms with Crippen molar-refractivity contribution in [2.75, 3.05) is 44.3 Å². The number of ether oxygens (including phenoxy) is 2. The number of carbonyl (C=O) groups excluding carboxylic acids is 1. The Bertz CT molecular complexity index is 873. The SMILES string of the molecule is O=C(C1CCCCC1)N1CCN(c2ncnc3cc4c(cc23)OCCO4)CC1. The van der Waals surface area contributed by atoms with E-state index in [4.69, 9.17) is 9.47 Å².